The van der Waals surface area contributed by atoms with Gasteiger partial charge in [-0.2, -0.15) is 0 Å². The molecule has 4 nitrogen and oxygen atoms in total. The van der Waals surface area contributed by atoms with Crippen LogP contribution in [0.2, 0.25) is 0 Å². The number of pyridine rings is 1. The summed E-state index contributed by atoms with van der Waals surface area (Å²) in [5.74, 6) is 0. The highest BCUT2D eigenvalue weighted by Gasteiger charge is 2.26. The number of halogens is 1. The average molecular weight is 329 g/mol. The van der Waals surface area contributed by atoms with E-state index in [0.29, 0.717) is 6.54 Å². The van der Waals surface area contributed by atoms with Gasteiger partial charge in [-0.25, -0.2) is 4.79 Å². The van der Waals surface area contributed by atoms with Gasteiger partial charge in [0.1, 0.15) is 5.60 Å². The molecule has 0 fully saturated rings. The molecule has 0 N–H and O–H groups in total. The predicted molar refractivity (Wildman–Crippen MR) is 79.0 cm³/mol. The SMILES string of the molecule is CCN(C(=O)OC(C)(C)C)C(C)c1cc(Br)ccn1. The zero-order valence-electron chi connectivity index (χ0n) is 12.1. The smallest absolute Gasteiger partial charge is 0.410 e. The van der Waals surface area contributed by atoms with Gasteiger partial charge in [0, 0.05) is 17.2 Å². The molecule has 106 valence electrons. The number of carbonyl (C=O) groups excluding carboxylic acids is 1. The fourth-order valence-electron chi connectivity index (χ4n) is 1.69. The summed E-state index contributed by atoms with van der Waals surface area (Å²) >= 11 is 3.41. The Morgan fingerprint density at radius 1 is 1.53 bits per heavy atom. The summed E-state index contributed by atoms with van der Waals surface area (Å²) in [6, 6.07) is 3.65. The summed E-state index contributed by atoms with van der Waals surface area (Å²) in [7, 11) is 0. The van der Waals surface area contributed by atoms with Crippen molar-refractivity contribution in [1.82, 2.24) is 9.88 Å². The Morgan fingerprint density at radius 2 is 2.16 bits per heavy atom. The fourth-order valence-corrected chi connectivity index (χ4v) is 2.04. The van der Waals surface area contributed by atoms with Gasteiger partial charge in [0.25, 0.3) is 0 Å². The van der Waals surface area contributed by atoms with Gasteiger partial charge in [-0.05, 0) is 46.8 Å². The zero-order valence-corrected chi connectivity index (χ0v) is 13.7. The molecule has 0 aliphatic carbocycles. The van der Waals surface area contributed by atoms with Gasteiger partial charge < -0.3 is 9.64 Å². The van der Waals surface area contributed by atoms with Crippen LogP contribution in [-0.4, -0.2) is 28.1 Å². The average Bonchev–Trinajstić information content (AvgIpc) is 2.27. The van der Waals surface area contributed by atoms with E-state index in [0.717, 1.165) is 10.2 Å². The Labute approximate surface area is 123 Å². The van der Waals surface area contributed by atoms with Crippen LogP contribution in [0.4, 0.5) is 4.79 Å². The van der Waals surface area contributed by atoms with Crippen molar-refractivity contribution >= 4 is 22.0 Å². The molecule has 0 radical (unpaired) electrons. The van der Waals surface area contributed by atoms with Crippen molar-refractivity contribution in [2.24, 2.45) is 0 Å². The molecular formula is C14H21BrN2O2. The summed E-state index contributed by atoms with van der Waals surface area (Å²) in [5, 5.41) is 0. The van der Waals surface area contributed by atoms with E-state index >= 15 is 0 Å². The molecule has 5 heteroatoms. The van der Waals surface area contributed by atoms with Gasteiger partial charge in [0.05, 0.1) is 11.7 Å². The number of amides is 1. The highest BCUT2D eigenvalue weighted by atomic mass is 79.9. The van der Waals surface area contributed by atoms with Crippen LogP contribution in [0.15, 0.2) is 22.8 Å². The molecule has 1 aromatic heterocycles. The molecule has 1 aromatic rings. The van der Waals surface area contributed by atoms with E-state index in [-0.39, 0.29) is 12.1 Å². The summed E-state index contributed by atoms with van der Waals surface area (Å²) < 4.78 is 6.36. The minimum atomic E-state index is -0.491. The van der Waals surface area contributed by atoms with E-state index in [2.05, 4.69) is 20.9 Å². The second-order valence-corrected chi connectivity index (χ2v) is 6.26. The first kappa shape index (κ1) is 16.0. The lowest BCUT2D eigenvalue weighted by Crippen LogP contribution is -2.38. The molecule has 1 unspecified atom stereocenters. The molecule has 0 saturated heterocycles. The minimum Gasteiger partial charge on any atom is -0.444 e. The van der Waals surface area contributed by atoms with Crippen LogP contribution in [-0.2, 0) is 4.74 Å². The first-order valence-corrected chi connectivity index (χ1v) is 7.15. The Kier molecular flexibility index (Phi) is 5.35. The van der Waals surface area contributed by atoms with E-state index in [9.17, 15) is 4.79 Å². The Morgan fingerprint density at radius 3 is 2.63 bits per heavy atom. The van der Waals surface area contributed by atoms with Crippen LogP contribution in [0.5, 0.6) is 0 Å². The van der Waals surface area contributed by atoms with E-state index in [1.165, 1.54) is 0 Å². The molecule has 0 saturated carbocycles. The van der Waals surface area contributed by atoms with Crippen molar-refractivity contribution in [3.8, 4) is 0 Å². The molecule has 0 bridgehead atoms. The normalized spacial score (nSPS) is 12.9. The molecule has 1 atom stereocenters. The predicted octanol–water partition coefficient (Wildman–Crippen LogP) is 4.16. The number of hydrogen-bond acceptors (Lipinski definition) is 3. The van der Waals surface area contributed by atoms with Crippen molar-refractivity contribution in [3.63, 3.8) is 0 Å². The number of carbonyl (C=O) groups is 1. The van der Waals surface area contributed by atoms with Crippen LogP contribution in [0, 0.1) is 0 Å². The number of aromatic nitrogens is 1. The second-order valence-electron chi connectivity index (χ2n) is 5.34. The van der Waals surface area contributed by atoms with Crippen LogP contribution >= 0.6 is 15.9 Å². The topological polar surface area (TPSA) is 42.4 Å². The van der Waals surface area contributed by atoms with Gasteiger partial charge in [-0.15, -0.1) is 0 Å². The van der Waals surface area contributed by atoms with Crippen molar-refractivity contribution in [3.05, 3.63) is 28.5 Å². The van der Waals surface area contributed by atoms with E-state index in [1.807, 2.05) is 46.8 Å². The maximum Gasteiger partial charge on any atom is 0.410 e. The highest BCUT2D eigenvalue weighted by molar-refractivity contribution is 9.10. The van der Waals surface area contributed by atoms with Crippen LogP contribution in [0.25, 0.3) is 0 Å². The maximum absolute atomic E-state index is 12.2. The minimum absolute atomic E-state index is 0.127. The molecular weight excluding hydrogens is 308 g/mol. The Bertz CT molecular complexity index is 443. The number of ether oxygens (including phenoxy) is 1. The standard InChI is InChI=1S/C14H21BrN2O2/c1-6-17(13(18)19-14(3,4)5)10(2)12-9-11(15)7-8-16-12/h7-10H,6H2,1-5H3. The third kappa shape index (κ3) is 4.82. The molecule has 1 amide bonds. The van der Waals surface area contributed by atoms with Crippen molar-refractivity contribution < 1.29 is 9.53 Å². The molecule has 19 heavy (non-hydrogen) atoms. The molecule has 1 heterocycles. The quantitative estimate of drug-likeness (QED) is 0.836. The van der Waals surface area contributed by atoms with Crippen LogP contribution in [0.1, 0.15) is 46.4 Å². The summed E-state index contributed by atoms with van der Waals surface area (Å²) in [4.78, 5) is 18.1. The molecule has 0 aliphatic rings. The lowest BCUT2D eigenvalue weighted by molar-refractivity contribution is 0.0182. The third-order valence-corrected chi connectivity index (χ3v) is 3.10. The number of hydrogen-bond donors (Lipinski definition) is 0. The van der Waals surface area contributed by atoms with Gasteiger partial charge in [0.15, 0.2) is 0 Å². The fraction of sp³-hybridized carbons (Fsp3) is 0.571. The maximum atomic E-state index is 12.2. The molecule has 0 aromatic carbocycles. The van der Waals surface area contributed by atoms with Gasteiger partial charge in [0.2, 0.25) is 0 Å². The summed E-state index contributed by atoms with van der Waals surface area (Å²) in [6.45, 7) is 10.0. The third-order valence-electron chi connectivity index (χ3n) is 2.61. The van der Waals surface area contributed by atoms with Crippen LogP contribution < -0.4 is 0 Å². The Balaban J connectivity index is 2.88. The first-order chi connectivity index (χ1) is 8.74. The molecule has 0 aliphatic heterocycles. The Hall–Kier alpha value is -1.10. The highest BCUT2D eigenvalue weighted by Crippen LogP contribution is 2.23. The van der Waals surface area contributed by atoms with Crippen LogP contribution in [0.3, 0.4) is 0 Å². The largest absolute Gasteiger partial charge is 0.444 e. The number of rotatable bonds is 3. The first-order valence-electron chi connectivity index (χ1n) is 6.35. The second kappa shape index (κ2) is 6.37. The lowest BCUT2D eigenvalue weighted by Gasteiger charge is -2.30. The van der Waals surface area contributed by atoms with E-state index in [4.69, 9.17) is 4.74 Å². The van der Waals surface area contributed by atoms with E-state index in [1.54, 1.807) is 11.1 Å². The number of nitrogens with zero attached hydrogens (tertiary/aromatic N) is 2. The van der Waals surface area contributed by atoms with Gasteiger partial charge in [-0.3, -0.25) is 4.98 Å². The lowest BCUT2D eigenvalue weighted by atomic mass is 10.2. The monoisotopic (exact) mass is 328 g/mol. The molecule has 1 rings (SSSR count). The molecule has 0 spiro atoms. The van der Waals surface area contributed by atoms with Crippen molar-refractivity contribution in [2.45, 2.75) is 46.3 Å². The van der Waals surface area contributed by atoms with Crippen molar-refractivity contribution in [2.75, 3.05) is 6.54 Å². The van der Waals surface area contributed by atoms with Crippen molar-refractivity contribution in [1.29, 1.82) is 0 Å². The van der Waals surface area contributed by atoms with Gasteiger partial charge in [-0.1, -0.05) is 15.9 Å². The van der Waals surface area contributed by atoms with Gasteiger partial charge >= 0.3 is 6.09 Å². The zero-order chi connectivity index (χ0) is 14.6. The van der Waals surface area contributed by atoms with E-state index < -0.39 is 5.60 Å². The summed E-state index contributed by atoms with van der Waals surface area (Å²) in [6.07, 6.45) is 1.41. The summed E-state index contributed by atoms with van der Waals surface area (Å²) in [5.41, 5.74) is 0.344.